The first-order valence-electron chi connectivity index (χ1n) is 8.30. The second-order valence-electron chi connectivity index (χ2n) is 5.78. The SMILES string of the molecule is O=S(=O)(NCc1ccccc1)c1ccc(NC(=S)Nc2ccccc2)cc1. The summed E-state index contributed by atoms with van der Waals surface area (Å²) >= 11 is 5.27. The Morgan fingerprint density at radius 2 is 1.26 bits per heavy atom. The summed E-state index contributed by atoms with van der Waals surface area (Å²) in [5, 5.41) is 6.53. The minimum atomic E-state index is -3.58. The van der Waals surface area contributed by atoms with Crippen molar-refractivity contribution in [3.8, 4) is 0 Å². The molecule has 3 N–H and O–H groups in total. The van der Waals surface area contributed by atoms with Gasteiger partial charge in [-0.25, -0.2) is 13.1 Å². The molecular formula is C20H19N3O2S2. The van der Waals surface area contributed by atoms with Gasteiger partial charge in [0.15, 0.2) is 5.11 Å². The lowest BCUT2D eigenvalue weighted by Crippen LogP contribution is -2.23. The molecule has 5 nitrogen and oxygen atoms in total. The molecule has 0 aliphatic rings. The molecule has 7 heteroatoms. The van der Waals surface area contributed by atoms with Gasteiger partial charge in [-0.2, -0.15) is 0 Å². The molecule has 0 unspecified atom stereocenters. The number of para-hydroxylation sites is 1. The van der Waals surface area contributed by atoms with Crippen molar-refractivity contribution in [3.05, 3.63) is 90.5 Å². The maximum absolute atomic E-state index is 12.4. The molecule has 138 valence electrons. The highest BCUT2D eigenvalue weighted by atomic mass is 32.2. The van der Waals surface area contributed by atoms with E-state index in [1.54, 1.807) is 24.3 Å². The molecule has 0 bridgehead atoms. The molecule has 0 spiro atoms. The molecule has 27 heavy (non-hydrogen) atoms. The number of anilines is 2. The maximum atomic E-state index is 12.4. The van der Waals surface area contributed by atoms with Crippen molar-refractivity contribution in [2.45, 2.75) is 11.4 Å². The fraction of sp³-hybridized carbons (Fsp3) is 0.0500. The third kappa shape index (κ3) is 5.62. The predicted molar refractivity (Wildman–Crippen MR) is 113 cm³/mol. The molecule has 3 rings (SSSR count). The Morgan fingerprint density at radius 3 is 1.85 bits per heavy atom. The highest BCUT2D eigenvalue weighted by molar-refractivity contribution is 7.89. The summed E-state index contributed by atoms with van der Waals surface area (Å²) in [6.07, 6.45) is 0. The molecule has 0 saturated carbocycles. The van der Waals surface area contributed by atoms with E-state index in [1.165, 1.54) is 0 Å². The van der Waals surface area contributed by atoms with Crippen molar-refractivity contribution in [3.63, 3.8) is 0 Å². The molecule has 0 aliphatic carbocycles. The van der Waals surface area contributed by atoms with Crippen LogP contribution < -0.4 is 15.4 Å². The second-order valence-corrected chi connectivity index (χ2v) is 7.95. The van der Waals surface area contributed by atoms with Gasteiger partial charge >= 0.3 is 0 Å². The van der Waals surface area contributed by atoms with Gasteiger partial charge in [0.1, 0.15) is 0 Å². The van der Waals surface area contributed by atoms with Crippen LogP contribution in [0.5, 0.6) is 0 Å². The standard InChI is InChI=1S/C20H19N3O2S2/c24-27(25,21-15-16-7-3-1-4-8-16)19-13-11-18(12-14-19)23-20(26)22-17-9-5-2-6-10-17/h1-14,21H,15H2,(H2,22,23,26). The van der Waals surface area contributed by atoms with Crippen LogP contribution in [0.25, 0.3) is 0 Å². The first-order valence-corrected chi connectivity index (χ1v) is 10.2. The van der Waals surface area contributed by atoms with Crippen LogP contribution in [0.15, 0.2) is 89.8 Å². The van der Waals surface area contributed by atoms with Gasteiger partial charge in [-0.3, -0.25) is 0 Å². The Bertz CT molecular complexity index is 990. The number of rotatable bonds is 6. The van der Waals surface area contributed by atoms with Crippen molar-refractivity contribution in [2.24, 2.45) is 0 Å². The van der Waals surface area contributed by atoms with Crippen LogP contribution >= 0.6 is 12.2 Å². The van der Waals surface area contributed by atoms with E-state index in [0.717, 1.165) is 11.3 Å². The van der Waals surface area contributed by atoms with Crippen molar-refractivity contribution >= 4 is 38.7 Å². The summed E-state index contributed by atoms with van der Waals surface area (Å²) in [4.78, 5) is 0.200. The zero-order chi connectivity index (χ0) is 19.1. The van der Waals surface area contributed by atoms with Crippen LogP contribution in [0.3, 0.4) is 0 Å². The minimum absolute atomic E-state index is 0.200. The summed E-state index contributed by atoms with van der Waals surface area (Å²) in [5.41, 5.74) is 2.47. The third-order valence-corrected chi connectivity index (χ3v) is 5.38. The van der Waals surface area contributed by atoms with E-state index in [2.05, 4.69) is 15.4 Å². The Kier molecular flexibility index (Phi) is 6.18. The van der Waals surface area contributed by atoms with Crippen LogP contribution in [0.2, 0.25) is 0 Å². The molecule has 0 fully saturated rings. The first kappa shape index (κ1) is 19.0. The number of hydrogen-bond acceptors (Lipinski definition) is 3. The van der Waals surface area contributed by atoms with Gasteiger partial charge in [0.2, 0.25) is 10.0 Å². The number of sulfonamides is 1. The van der Waals surface area contributed by atoms with E-state index in [1.807, 2.05) is 60.7 Å². The summed E-state index contributed by atoms with van der Waals surface area (Å²) in [6, 6.07) is 25.4. The van der Waals surface area contributed by atoms with E-state index in [9.17, 15) is 8.42 Å². The van der Waals surface area contributed by atoms with E-state index in [0.29, 0.717) is 10.8 Å². The molecule has 0 heterocycles. The third-order valence-electron chi connectivity index (χ3n) is 3.76. The van der Waals surface area contributed by atoms with Gasteiger partial charge < -0.3 is 10.6 Å². The highest BCUT2D eigenvalue weighted by Gasteiger charge is 2.13. The topological polar surface area (TPSA) is 70.2 Å². The van der Waals surface area contributed by atoms with Gasteiger partial charge in [0, 0.05) is 17.9 Å². The van der Waals surface area contributed by atoms with Gasteiger partial charge in [0.25, 0.3) is 0 Å². The van der Waals surface area contributed by atoms with Crippen LogP contribution in [0.4, 0.5) is 11.4 Å². The smallest absolute Gasteiger partial charge is 0.240 e. The van der Waals surface area contributed by atoms with Crippen molar-refractivity contribution in [1.82, 2.24) is 4.72 Å². The number of nitrogens with one attached hydrogen (secondary N) is 3. The molecule has 0 saturated heterocycles. The van der Waals surface area contributed by atoms with Crippen LogP contribution in [0.1, 0.15) is 5.56 Å². The number of benzene rings is 3. The fourth-order valence-corrected chi connectivity index (χ4v) is 3.64. The van der Waals surface area contributed by atoms with Crippen molar-refractivity contribution in [2.75, 3.05) is 10.6 Å². The van der Waals surface area contributed by atoms with Crippen molar-refractivity contribution < 1.29 is 8.42 Å². The number of hydrogen-bond donors (Lipinski definition) is 3. The zero-order valence-corrected chi connectivity index (χ0v) is 16.1. The summed E-state index contributed by atoms with van der Waals surface area (Å²) in [6.45, 7) is 0.244. The van der Waals surface area contributed by atoms with Gasteiger partial charge in [0.05, 0.1) is 4.90 Å². The zero-order valence-electron chi connectivity index (χ0n) is 14.4. The molecule has 0 aliphatic heterocycles. The van der Waals surface area contributed by atoms with Gasteiger partial charge in [-0.1, -0.05) is 48.5 Å². The lowest BCUT2D eigenvalue weighted by Gasteiger charge is -2.11. The lowest BCUT2D eigenvalue weighted by molar-refractivity contribution is 0.581. The minimum Gasteiger partial charge on any atom is -0.332 e. The van der Waals surface area contributed by atoms with E-state index in [-0.39, 0.29) is 11.4 Å². The Hall–Kier alpha value is -2.74. The Balaban J connectivity index is 1.59. The molecular weight excluding hydrogens is 378 g/mol. The van der Waals surface area contributed by atoms with Gasteiger partial charge in [-0.05, 0) is 54.2 Å². The molecule has 3 aromatic rings. The summed E-state index contributed by atoms with van der Waals surface area (Å²) < 4.78 is 27.4. The average Bonchev–Trinajstić information content (AvgIpc) is 2.68. The van der Waals surface area contributed by atoms with E-state index >= 15 is 0 Å². The first-order chi connectivity index (χ1) is 13.0. The van der Waals surface area contributed by atoms with E-state index in [4.69, 9.17) is 12.2 Å². The monoisotopic (exact) mass is 397 g/mol. The van der Waals surface area contributed by atoms with Crippen LogP contribution in [0, 0.1) is 0 Å². The quantitative estimate of drug-likeness (QED) is 0.549. The summed E-state index contributed by atoms with van der Waals surface area (Å²) in [5.74, 6) is 0. The van der Waals surface area contributed by atoms with Gasteiger partial charge in [-0.15, -0.1) is 0 Å². The fourth-order valence-electron chi connectivity index (χ4n) is 2.39. The van der Waals surface area contributed by atoms with Crippen LogP contribution in [-0.2, 0) is 16.6 Å². The summed E-state index contributed by atoms with van der Waals surface area (Å²) in [7, 11) is -3.58. The number of thiocarbonyl (C=S) groups is 1. The molecule has 0 aromatic heterocycles. The normalized spacial score (nSPS) is 11.0. The molecule has 0 atom stereocenters. The second kappa shape index (κ2) is 8.77. The van der Waals surface area contributed by atoms with Crippen molar-refractivity contribution in [1.29, 1.82) is 0 Å². The average molecular weight is 398 g/mol. The van der Waals surface area contributed by atoms with E-state index < -0.39 is 10.0 Å². The maximum Gasteiger partial charge on any atom is 0.240 e. The molecule has 0 radical (unpaired) electrons. The lowest BCUT2D eigenvalue weighted by atomic mass is 10.2. The largest absolute Gasteiger partial charge is 0.332 e. The Labute approximate surface area is 164 Å². The molecule has 0 amide bonds. The Morgan fingerprint density at radius 1 is 0.741 bits per heavy atom. The molecule has 3 aromatic carbocycles. The highest BCUT2D eigenvalue weighted by Crippen LogP contribution is 2.15. The predicted octanol–water partition coefficient (Wildman–Crippen LogP) is 3.97. The van der Waals surface area contributed by atoms with Crippen LogP contribution in [-0.4, -0.2) is 13.5 Å².